The SMILES string of the molecule is CC(C)n1cc(-c2ccnc(Nc3cc(Br)cc(C(C)(C)C)c3)n2)c2ccncc21. The lowest BCUT2D eigenvalue weighted by molar-refractivity contribution is 0.590. The number of halogens is 1. The van der Waals surface area contributed by atoms with Crippen LogP contribution in [0.1, 0.15) is 46.2 Å². The van der Waals surface area contributed by atoms with Crippen molar-refractivity contribution in [2.24, 2.45) is 0 Å². The smallest absolute Gasteiger partial charge is 0.227 e. The summed E-state index contributed by atoms with van der Waals surface area (Å²) in [7, 11) is 0. The minimum atomic E-state index is 0.0512. The van der Waals surface area contributed by atoms with Gasteiger partial charge in [0.25, 0.3) is 0 Å². The molecule has 1 N–H and O–H groups in total. The molecule has 0 fully saturated rings. The molecule has 0 spiro atoms. The highest BCUT2D eigenvalue weighted by molar-refractivity contribution is 9.10. The second-order valence-electron chi connectivity index (χ2n) is 8.81. The number of nitrogens with one attached hydrogen (secondary N) is 1. The fourth-order valence-electron chi connectivity index (χ4n) is 3.52. The van der Waals surface area contributed by atoms with E-state index in [9.17, 15) is 0 Å². The molecule has 0 bridgehead atoms. The predicted molar refractivity (Wildman–Crippen MR) is 127 cm³/mol. The molecular formula is C24H26BrN5. The molecule has 0 atom stereocenters. The van der Waals surface area contributed by atoms with Crippen LogP contribution in [0.5, 0.6) is 0 Å². The molecule has 0 saturated carbocycles. The van der Waals surface area contributed by atoms with Gasteiger partial charge in [0.05, 0.1) is 17.4 Å². The summed E-state index contributed by atoms with van der Waals surface area (Å²) < 4.78 is 3.26. The first-order chi connectivity index (χ1) is 14.2. The summed E-state index contributed by atoms with van der Waals surface area (Å²) in [5.74, 6) is 0.574. The number of hydrogen-bond acceptors (Lipinski definition) is 4. The van der Waals surface area contributed by atoms with Crippen molar-refractivity contribution < 1.29 is 0 Å². The number of anilines is 2. The molecular weight excluding hydrogens is 438 g/mol. The van der Waals surface area contributed by atoms with E-state index >= 15 is 0 Å². The van der Waals surface area contributed by atoms with E-state index in [1.807, 2.05) is 30.6 Å². The van der Waals surface area contributed by atoms with E-state index in [4.69, 9.17) is 4.98 Å². The lowest BCUT2D eigenvalue weighted by atomic mass is 9.87. The number of aromatic nitrogens is 4. The average Bonchev–Trinajstić information content (AvgIpc) is 3.07. The van der Waals surface area contributed by atoms with Crippen molar-refractivity contribution in [3.05, 3.63) is 65.2 Å². The molecule has 0 aliphatic heterocycles. The monoisotopic (exact) mass is 463 g/mol. The average molecular weight is 464 g/mol. The van der Waals surface area contributed by atoms with E-state index in [0.29, 0.717) is 12.0 Å². The van der Waals surface area contributed by atoms with Crippen LogP contribution in [0.25, 0.3) is 22.2 Å². The van der Waals surface area contributed by atoms with Crippen LogP contribution < -0.4 is 5.32 Å². The van der Waals surface area contributed by atoms with E-state index in [1.54, 1.807) is 6.20 Å². The molecule has 0 radical (unpaired) electrons. The maximum absolute atomic E-state index is 4.81. The van der Waals surface area contributed by atoms with Gasteiger partial charge in [-0.2, -0.15) is 0 Å². The van der Waals surface area contributed by atoms with Crippen molar-refractivity contribution in [2.75, 3.05) is 5.32 Å². The van der Waals surface area contributed by atoms with Crippen molar-refractivity contribution >= 4 is 38.5 Å². The topological polar surface area (TPSA) is 55.6 Å². The molecule has 5 nitrogen and oxygen atoms in total. The van der Waals surface area contributed by atoms with E-state index in [0.717, 1.165) is 32.3 Å². The van der Waals surface area contributed by atoms with Gasteiger partial charge < -0.3 is 9.88 Å². The number of rotatable bonds is 4. The first-order valence-electron chi connectivity index (χ1n) is 10.1. The second kappa shape index (κ2) is 7.84. The first kappa shape index (κ1) is 20.5. The Balaban J connectivity index is 1.73. The lowest BCUT2D eigenvalue weighted by Crippen LogP contribution is -2.11. The van der Waals surface area contributed by atoms with Gasteiger partial charge in [0.1, 0.15) is 0 Å². The Morgan fingerprint density at radius 2 is 1.87 bits per heavy atom. The van der Waals surface area contributed by atoms with Gasteiger partial charge >= 0.3 is 0 Å². The van der Waals surface area contributed by atoms with Crippen LogP contribution in [0.2, 0.25) is 0 Å². The summed E-state index contributed by atoms with van der Waals surface area (Å²) in [6.07, 6.45) is 7.69. The molecule has 0 amide bonds. The van der Waals surface area contributed by atoms with Crippen LogP contribution in [0, 0.1) is 0 Å². The van der Waals surface area contributed by atoms with Crippen molar-refractivity contribution in [1.29, 1.82) is 0 Å². The quantitative estimate of drug-likeness (QED) is 0.358. The molecule has 0 aliphatic carbocycles. The van der Waals surface area contributed by atoms with Crippen molar-refractivity contribution in [3.8, 4) is 11.3 Å². The molecule has 4 rings (SSSR count). The molecule has 0 saturated heterocycles. The van der Waals surface area contributed by atoms with Crippen molar-refractivity contribution in [3.63, 3.8) is 0 Å². The summed E-state index contributed by atoms with van der Waals surface area (Å²) in [5.41, 5.74) is 5.32. The second-order valence-corrected chi connectivity index (χ2v) is 9.72. The molecule has 154 valence electrons. The van der Waals surface area contributed by atoms with Crippen LogP contribution in [-0.4, -0.2) is 19.5 Å². The third kappa shape index (κ3) is 4.10. The number of nitrogens with zero attached hydrogens (tertiary/aromatic N) is 4. The Hall–Kier alpha value is -2.73. The summed E-state index contributed by atoms with van der Waals surface area (Å²) in [6, 6.07) is 10.7. The van der Waals surface area contributed by atoms with E-state index in [-0.39, 0.29) is 5.41 Å². The van der Waals surface area contributed by atoms with E-state index in [2.05, 4.69) is 88.7 Å². The highest BCUT2D eigenvalue weighted by Gasteiger charge is 2.16. The minimum absolute atomic E-state index is 0.0512. The fourth-order valence-corrected chi connectivity index (χ4v) is 4.02. The third-order valence-electron chi connectivity index (χ3n) is 5.14. The summed E-state index contributed by atoms with van der Waals surface area (Å²) >= 11 is 3.62. The highest BCUT2D eigenvalue weighted by Crippen LogP contribution is 2.32. The van der Waals surface area contributed by atoms with Crippen LogP contribution in [0.15, 0.2) is 59.6 Å². The lowest BCUT2D eigenvalue weighted by Gasteiger charge is -2.20. The number of pyridine rings is 1. The molecule has 6 heteroatoms. The molecule has 3 heterocycles. The van der Waals surface area contributed by atoms with Crippen LogP contribution in [-0.2, 0) is 5.41 Å². The molecule has 30 heavy (non-hydrogen) atoms. The molecule has 1 aromatic carbocycles. The Kier molecular flexibility index (Phi) is 5.36. The van der Waals surface area contributed by atoms with E-state index in [1.165, 1.54) is 5.56 Å². The Morgan fingerprint density at radius 1 is 1.07 bits per heavy atom. The van der Waals surface area contributed by atoms with Crippen molar-refractivity contribution in [2.45, 2.75) is 46.1 Å². The number of fused-ring (bicyclic) bond motifs is 1. The summed E-state index contributed by atoms with van der Waals surface area (Å²) in [5, 5.41) is 4.51. The van der Waals surface area contributed by atoms with Gasteiger partial charge in [-0.15, -0.1) is 0 Å². The van der Waals surface area contributed by atoms with Gasteiger partial charge in [0, 0.05) is 45.7 Å². The summed E-state index contributed by atoms with van der Waals surface area (Å²) in [4.78, 5) is 13.6. The van der Waals surface area contributed by atoms with E-state index < -0.39 is 0 Å². The van der Waals surface area contributed by atoms with Crippen LogP contribution in [0.4, 0.5) is 11.6 Å². The molecule has 3 aromatic heterocycles. The Labute approximate surface area is 185 Å². The van der Waals surface area contributed by atoms with Gasteiger partial charge in [-0.3, -0.25) is 4.98 Å². The molecule has 4 aromatic rings. The maximum Gasteiger partial charge on any atom is 0.227 e. The fraction of sp³-hybridized carbons (Fsp3) is 0.292. The molecule has 0 unspecified atom stereocenters. The Bertz CT molecular complexity index is 1200. The highest BCUT2D eigenvalue weighted by atomic mass is 79.9. The normalized spacial score (nSPS) is 12.0. The van der Waals surface area contributed by atoms with Gasteiger partial charge in [-0.05, 0) is 55.2 Å². The number of hydrogen-bond donors (Lipinski definition) is 1. The van der Waals surface area contributed by atoms with Gasteiger partial charge in [-0.1, -0.05) is 36.7 Å². The zero-order valence-electron chi connectivity index (χ0n) is 17.9. The zero-order valence-corrected chi connectivity index (χ0v) is 19.5. The first-order valence-corrected chi connectivity index (χ1v) is 10.9. The predicted octanol–water partition coefficient (Wildman–Crippen LogP) is 6.88. The maximum atomic E-state index is 4.81. The standard InChI is InChI=1S/C24H26BrN5/c1-15(2)30-14-20(19-6-8-26-13-22(19)30)21-7-9-27-23(29-21)28-18-11-16(24(3,4)5)10-17(25)12-18/h6-15H,1-5H3,(H,27,28,29). The molecule has 0 aliphatic rings. The number of benzene rings is 1. The Morgan fingerprint density at radius 3 is 2.60 bits per heavy atom. The zero-order chi connectivity index (χ0) is 21.5. The van der Waals surface area contributed by atoms with Crippen LogP contribution in [0.3, 0.4) is 0 Å². The van der Waals surface area contributed by atoms with Gasteiger partial charge in [0.15, 0.2) is 0 Å². The largest absolute Gasteiger partial charge is 0.343 e. The summed E-state index contributed by atoms with van der Waals surface area (Å²) in [6.45, 7) is 10.9. The van der Waals surface area contributed by atoms with Gasteiger partial charge in [-0.25, -0.2) is 9.97 Å². The third-order valence-corrected chi connectivity index (χ3v) is 5.60. The van der Waals surface area contributed by atoms with Gasteiger partial charge in [0.2, 0.25) is 5.95 Å². The minimum Gasteiger partial charge on any atom is -0.343 e. The van der Waals surface area contributed by atoms with Crippen LogP contribution >= 0.6 is 15.9 Å². The van der Waals surface area contributed by atoms with Crippen molar-refractivity contribution in [1.82, 2.24) is 19.5 Å².